The summed E-state index contributed by atoms with van der Waals surface area (Å²) < 4.78 is 46.1. The van der Waals surface area contributed by atoms with E-state index in [1.807, 2.05) is 0 Å². The SMILES string of the molecule is [2H]c1c([2H])c2c(c([2H])c1C=O)OC([2H])([2H])O2. The average molecular weight is 155 g/mol. The predicted molar refractivity (Wildman–Crippen MR) is 38.0 cm³/mol. The summed E-state index contributed by atoms with van der Waals surface area (Å²) in [6.45, 7) is -2.47. The van der Waals surface area contributed by atoms with Crippen LogP contribution in [-0.4, -0.2) is 13.0 Å². The van der Waals surface area contributed by atoms with Crippen LogP contribution >= 0.6 is 0 Å². The van der Waals surface area contributed by atoms with Crippen molar-refractivity contribution in [2.45, 2.75) is 0 Å². The molecule has 0 atom stereocenters. The van der Waals surface area contributed by atoms with Crippen LogP contribution in [0.15, 0.2) is 18.1 Å². The lowest BCUT2D eigenvalue weighted by atomic mass is 10.2. The van der Waals surface area contributed by atoms with Gasteiger partial charge < -0.3 is 9.47 Å². The third kappa shape index (κ3) is 0.941. The summed E-state index contributed by atoms with van der Waals surface area (Å²) in [7, 11) is 0. The molecule has 0 saturated heterocycles. The topological polar surface area (TPSA) is 35.5 Å². The van der Waals surface area contributed by atoms with Gasteiger partial charge in [-0.1, -0.05) is 0 Å². The summed E-state index contributed by atoms with van der Waals surface area (Å²) in [5, 5.41) is 0. The molecule has 3 nitrogen and oxygen atoms in total. The minimum absolute atomic E-state index is 0.264. The molecule has 1 heterocycles. The van der Waals surface area contributed by atoms with E-state index in [2.05, 4.69) is 9.47 Å². The average Bonchev–Trinajstić information content (AvgIpc) is 2.52. The molecule has 0 spiro atoms. The van der Waals surface area contributed by atoms with Crippen LogP contribution in [0.2, 0.25) is 0 Å². The second-order valence-corrected chi connectivity index (χ2v) is 1.85. The Bertz CT molecular complexity index is 485. The van der Waals surface area contributed by atoms with Crippen LogP contribution in [0.3, 0.4) is 0 Å². The molecular formula is C8H6O3. The van der Waals surface area contributed by atoms with Crippen molar-refractivity contribution in [2.24, 2.45) is 0 Å². The minimum Gasteiger partial charge on any atom is -0.454 e. The van der Waals surface area contributed by atoms with Gasteiger partial charge in [-0.25, -0.2) is 0 Å². The fourth-order valence-electron chi connectivity index (χ4n) is 0.698. The Morgan fingerprint density at radius 1 is 1.55 bits per heavy atom. The maximum atomic E-state index is 10.6. The molecule has 1 aliphatic heterocycles. The molecule has 0 amide bonds. The lowest BCUT2D eigenvalue weighted by molar-refractivity contribution is 0.112. The van der Waals surface area contributed by atoms with Gasteiger partial charge in [-0.05, 0) is 18.1 Å². The van der Waals surface area contributed by atoms with E-state index >= 15 is 0 Å². The molecule has 0 saturated carbocycles. The van der Waals surface area contributed by atoms with Gasteiger partial charge in [0.15, 0.2) is 11.5 Å². The number of hydrogen-bond donors (Lipinski definition) is 0. The number of carbonyl (C=O) groups is 1. The number of aldehydes is 1. The van der Waals surface area contributed by atoms with Crippen molar-refractivity contribution in [3.05, 3.63) is 23.7 Å². The lowest BCUT2D eigenvalue weighted by Gasteiger charge is -1.94. The van der Waals surface area contributed by atoms with Crippen LogP contribution in [0.4, 0.5) is 0 Å². The summed E-state index contributed by atoms with van der Waals surface area (Å²) >= 11 is 0. The number of rotatable bonds is 1. The summed E-state index contributed by atoms with van der Waals surface area (Å²) in [4.78, 5) is 10.6. The lowest BCUT2D eigenvalue weighted by Crippen LogP contribution is -1.92. The number of carbonyl (C=O) groups excluding carboxylic acids is 1. The zero-order valence-electron chi connectivity index (χ0n) is 10.3. The zero-order valence-corrected chi connectivity index (χ0v) is 5.30. The van der Waals surface area contributed by atoms with E-state index in [9.17, 15) is 4.79 Å². The molecule has 1 aromatic rings. The predicted octanol–water partition coefficient (Wildman–Crippen LogP) is 1.23. The third-order valence-electron chi connectivity index (χ3n) is 1.17. The quantitative estimate of drug-likeness (QED) is 0.572. The van der Waals surface area contributed by atoms with Gasteiger partial charge in [-0.2, -0.15) is 0 Å². The Balaban J connectivity index is 2.73. The van der Waals surface area contributed by atoms with Gasteiger partial charge in [-0.15, -0.1) is 0 Å². The molecule has 1 aromatic carbocycles. The number of hydrogen-bond acceptors (Lipinski definition) is 3. The van der Waals surface area contributed by atoms with Crippen molar-refractivity contribution < 1.29 is 21.1 Å². The molecule has 0 radical (unpaired) electrons. The van der Waals surface area contributed by atoms with Gasteiger partial charge in [0.1, 0.15) is 9.03 Å². The van der Waals surface area contributed by atoms with Crippen molar-refractivity contribution in [3.8, 4) is 11.5 Å². The first-order valence-electron chi connectivity index (χ1n) is 5.34. The smallest absolute Gasteiger partial charge is 0.231 e. The van der Waals surface area contributed by atoms with Crippen molar-refractivity contribution in [3.63, 3.8) is 0 Å². The van der Waals surface area contributed by atoms with Crippen LogP contribution in [0, 0.1) is 0 Å². The first-order chi connectivity index (χ1) is 7.37. The molecule has 3 heteroatoms. The summed E-state index contributed by atoms with van der Waals surface area (Å²) in [6, 6.07) is -1.37. The molecule has 0 unspecified atom stereocenters. The Hall–Kier alpha value is -1.51. The normalized spacial score (nSPS) is 24.2. The number of fused-ring (bicyclic) bond motifs is 1. The van der Waals surface area contributed by atoms with E-state index in [1.165, 1.54) is 0 Å². The molecule has 2 rings (SSSR count). The van der Waals surface area contributed by atoms with Gasteiger partial charge in [0.05, 0.1) is 4.11 Å². The van der Waals surface area contributed by atoms with Gasteiger partial charge in [-0.3, -0.25) is 4.79 Å². The van der Waals surface area contributed by atoms with Crippen molar-refractivity contribution in [1.82, 2.24) is 0 Å². The van der Waals surface area contributed by atoms with E-state index < -0.39 is 24.9 Å². The largest absolute Gasteiger partial charge is 0.454 e. The fourth-order valence-corrected chi connectivity index (χ4v) is 0.698. The highest BCUT2D eigenvalue weighted by Crippen LogP contribution is 2.31. The zero-order chi connectivity index (χ0) is 12.1. The highest BCUT2D eigenvalue weighted by molar-refractivity contribution is 5.76. The summed E-state index contributed by atoms with van der Waals surface area (Å²) in [5.74, 6) is -0.626. The second-order valence-electron chi connectivity index (χ2n) is 1.85. The van der Waals surface area contributed by atoms with Gasteiger partial charge in [0.25, 0.3) is 0 Å². The Labute approximate surface area is 70.6 Å². The summed E-state index contributed by atoms with van der Waals surface area (Å²) in [5.41, 5.74) is -0.315. The molecule has 0 N–H and O–H groups in total. The third-order valence-corrected chi connectivity index (χ3v) is 1.17. The monoisotopic (exact) mass is 155 g/mol. The van der Waals surface area contributed by atoms with Gasteiger partial charge in [0, 0.05) is 5.56 Å². The van der Waals surface area contributed by atoms with E-state index in [-0.39, 0.29) is 23.3 Å². The van der Waals surface area contributed by atoms with Crippen LogP contribution in [0.25, 0.3) is 0 Å². The first kappa shape index (κ1) is 2.85. The van der Waals surface area contributed by atoms with Crippen LogP contribution < -0.4 is 9.47 Å². The highest BCUT2D eigenvalue weighted by Gasteiger charge is 2.12. The molecular weight excluding hydrogens is 144 g/mol. The minimum atomic E-state index is -2.47. The van der Waals surface area contributed by atoms with Crippen LogP contribution in [0.1, 0.15) is 17.2 Å². The first-order valence-corrected chi connectivity index (χ1v) is 2.84. The van der Waals surface area contributed by atoms with Crippen molar-refractivity contribution >= 4 is 6.29 Å². The highest BCUT2D eigenvalue weighted by atomic mass is 16.7. The standard InChI is InChI=1S/C8H6O3/c9-4-6-1-2-7-8(3-6)11-5-10-7/h1-4H,5H2/i1D,2D,3D,5D2. The molecule has 0 fully saturated rings. The van der Waals surface area contributed by atoms with Gasteiger partial charge >= 0.3 is 0 Å². The molecule has 1 aliphatic rings. The van der Waals surface area contributed by atoms with Gasteiger partial charge in [0.2, 0.25) is 6.75 Å². The second kappa shape index (κ2) is 2.27. The van der Waals surface area contributed by atoms with Crippen molar-refractivity contribution in [1.29, 1.82) is 0 Å². The molecule has 11 heavy (non-hydrogen) atoms. The Morgan fingerprint density at radius 3 is 3.18 bits per heavy atom. The van der Waals surface area contributed by atoms with Crippen LogP contribution in [-0.2, 0) is 0 Å². The van der Waals surface area contributed by atoms with Crippen molar-refractivity contribution in [2.75, 3.05) is 6.75 Å². The number of benzene rings is 1. The molecule has 56 valence electrons. The fraction of sp³-hybridized carbons (Fsp3) is 0.125. The van der Waals surface area contributed by atoms with E-state index in [0.29, 0.717) is 0 Å². The molecule has 0 aromatic heterocycles. The maximum Gasteiger partial charge on any atom is 0.231 e. The summed E-state index contributed by atoms with van der Waals surface area (Å²) in [6.07, 6.45) is 0.264. The Morgan fingerprint density at radius 2 is 2.36 bits per heavy atom. The number of ether oxygens (including phenoxy) is 2. The van der Waals surface area contributed by atoms with E-state index in [4.69, 9.17) is 6.85 Å². The Kier molecular flexibility index (Phi) is 0.588. The molecule has 0 aliphatic carbocycles. The van der Waals surface area contributed by atoms with Crippen LogP contribution in [0.5, 0.6) is 11.5 Å². The van der Waals surface area contributed by atoms with E-state index in [1.54, 1.807) is 0 Å². The van der Waals surface area contributed by atoms with E-state index in [0.717, 1.165) is 0 Å². The maximum absolute atomic E-state index is 10.6. The molecule has 0 bridgehead atoms.